The molecule has 2 rings (SSSR count). The molecule has 1 aromatic rings. The topological polar surface area (TPSA) is 21.3 Å². The van der Waals surface area contributed by atoms with E-state index in [0.717, 1.165) is 19.3 Å². The van der Waals surface area contributed by atoms with Crippen LogP contribution < -0.4 is 5.32 Å². The van der Waals surface area contributed by atoms with Crippen LogP contribution in [0.4, 0.5) is 0 Å². The Bertz CT molecular complexity index is 370. The van der Waals surface area contributed by atoms with E-state index in [2.05, 4.69) is 41.7 Å². The zero-order chi connectivity index (χ0) is 13.9. The molecule has 0 saturated heterocycles. The summed E-state index contributed by atoms with van der Waals surface area (Å²) < 4.78 is 5.61. The van der Waals surface area contributed by atoms with Crippen LogP contribution in [0.15, 0.2) is 36.4 Å². The van der Waals surface area contributed by atoms with E-state index in [1.807, 2.05) is 6.07 Å². The third-order valence-corrected chi connectivity index (χ3v) is 3.55. The van der Waals surface area contributed by atoms with Crippen molar-refractivity contribution in [1.29, 1.82) is 0 Å². The monoisotopic (exact) mass is 273 g/mol. The van der Waals surface area contributed by atoms with Gasteiger partial charge in [-0.15, -0.1) is 0 Å². The van der Waals surface area contributed by atoms with Crippen molar-refractivity contribution in [2.45, 2.75) is 44.6 Å². The number of rotatable bonds is 11. The van der Waals surface area contributed by atoms with Crippen LogP contribution in [0.25, 0.3) is 6.08 Å². The highest BCUT2D eigenvalue weighted by Gasteiger charge is 2.19. The van der Waals surface area contributed by atoms with Gasteiger partial charge in [0.25, 0.3) is 0 Å². The van der Waals surface area contributed by atoms with Crippen molar-refractivity contribution in [3.05, 3.63) is 42.0 Å². The van der Waals surface area contributed by atoms with Crippen molar-refractivity contribution in [2.24, 2.45) is 0 Å². The lowest BCUT2D eigenvalue weighted by atomic mass is 10.2. The Hall–Kier alpha value is -1.12. The first-order chi connectivity index (χ1) is 9.95. The van der Waals surface area contributed by atoms with E-state index in [0.29, 0.717) is 0 Å². The van der Waals surface area contributed by atoms with Crippen LogP contribution in [0.2, 0.25) is 0 Å². The van der Waals surface area contributed by atoms with E-state index in [1.165, 1.54) is 50.6 Å². The summed E-state index contributed by atoms with van der Waals surface area (Å²) in [5.74, 6) is 0. The molecule has 1 aromatic carbocycles. The number of ether oxygens (including phenoxy) is 1. The Morgan fingerprint density at radius 2 is 1.85 bits per heavy atom. The summed E-state index contributed by atoms with van der Waals surface area (Å²) in [5, 5.41) is 3.55. The number of hydrogen-bond acceptors (Lipinski definition) is 2. The Kier molecular flexibility index (Phi) is 7.43. The van der Waals surface area contributed by atoms with Crippen molar-refractivity contribution in [2.75, 3.05) is 19.8 Å². The van der Waals surface area contributed by atoms with Gasteiger partial charge in [-0.2, -0.15) is 0 Å². The van der Waals surface area contributed by atoms with Crippen LogP contribution >= 0.6 is 0 Å². The molecule has 0 unspecified atom stereocenters. The molecule has 1 aliphatic rings. The molecular weight excluding hydrogens is 246 g/mol. The van der Waals surface area contributed by atoms with Gasteiger partial charge in [0, 0.05) is 12.6 Å². The first-order valence-electron chi connectivity index (χ1n) is 7.98. The molecule has 0 radical (unpaired) electrons. The number of hydrogen-bond donors (Lipinski definition) is 1. The predicted molar refractivity (Wildman–Crippen MR) is 85.8 cm³/mol. The Labute approximate surface area is 123 Å². The predicted octanol–water partition coefficient (Wildman–Crippen LogP) is 4.03. The molecule has 1 N–H and O–H groups in total. The van der Waals surface area contributed by atoms with Gasteiger partial charge in [-0.3, -0.25) is 0 Å². The van der Waals surface area contributed by atoms with Gasteiger partial charge < -0.3 is 10.1 Å². The molecule has 110 valence electrons. The Morgan fingerprint density at radius 1 is 1.05 bits per heavy atom. The van der Waals surface area contributed by atoms with Gasteiger partial charge in [0.05, 0.1) is 6.61 Å². The highest BCUT2D eigenvalue weighted by atomic mass is 16.5. The van der Waals surface area contributed by atoms with Gasteiger partial charge in [0.15, 0.2) is 0 Å². The molecule has 0 aromatic heterocycles. The smallest absolute Gasteiger partial charge is 0.0650 e. The summed E-state index contributed by atoms with van der Waals surface area (Å²) in [4.78, 5) is 0. The number of unbranched alkanes of at least 4 members (excludes halogenated alkanes) is 3. The minimum Gasteiger partial charge on any atom is -0.377 e. The molecule has 0 spiro atoms. The lowest BCUT2D eigenvalue weighted by Gasteiger charge is -2.03. The van der Waals surface area contributed by atoms with Gasteiger partial charge in [0.2, 0.25) is 0 Å². The van der Waals surface area contributed by atoms with Gasteiger partial charge >= 0.3 is 0 Å². The number of benzene rings is 1. The van der Waals surface area contributed by atoms with Crippen LogP contribution in [0.1, 0.15) is 44.1 Å². The second-order valence-corrected chi connectivity index (χ2v) is 5.53. The van der Waals surface area contributed by atoms with Crippen LogP contribution in [0.5, 0.6) is 0 Å². The quantitative estimate of drug-likeness (QED) is 0.615. The normalized spacial score (nSPS) is 15.0. The maximum Gasteiger partial charge on any atom is 0.0650 e. The molecule has 2 nitrogen and oxygen atoms in total. The minimum absolute atomic E-state index is 0.720. The van der Waals surface area contributed by atoms with Crippen LogP contribution in [0, 0.1) is 0 Å². The SMILES string of the molecule is C(=Cc1ccccc1)COCCCCCCNC1CC1. The molecule has 1 fully saturated rings. The zero-order valence-corrected chi connectivity index (χ0v) is 12.4. The fraction of sp³-hybridized carbons (Fsp3) is 0.556. The summed E-state index contributed by atoms with van der Waals surface area (Å²) in [6.07, 6.45) is 12.1. The zero-order valence-electron chi connectivity index (χ0n) is 12.4. The molecular formula is C18H27NO. The van der Waals surface area contributed by atoms with Gasteiger partial charge in [0.1, 0.15) is 0 Å². The summed E-state index contributed by atoms with van der Waals surface area (Å²) in [5.41, 5.74) is 1.24. The van der Waals surface area contributed by atoms with Crippen LogP contribution in [-0.2, 0) is 4.74 Å². The van der Waals surface area contributed by atoms with Crippen molar-refractivity contribution >= 4 is 6.08 Å². The maximum atomic E-state index is 5.61. The van der Waals surface area contributed by atoms with Gasteiger partial charge in [-0.25, -0.2) is 0 Å². The molecule has 1 aliphatic carbocycles. The third-order valence-electron chi connectivity index (χ3n) is 3.55. The van der Waals surface area contributed by atoms with E-state index >= 15 is 0 Å². The van der Waals surface area contributed by atoms with E-state index in [9.17, 15) is 0 Å². The molecule has 1 saturated carbocycles. The van der Waals surface area contributed by atoms with Crippen molar-refractivity contribution in [1.82, 2.24) is 5.32 Å². The van der Waals surface area contributed by atoms with Crippen molar-refractivity contribution < 1.29 is 4.74 Å². The highest BCUT2D eigenvalue weighted by molar-refractivity contribution is 5.48. The van der Waals surface area contributed by atoms with Crippen LogP contribution in [0.3, 0.4) is 0 Å². The second-order valence-electron chi connectivity index (χ2n) is 5.53. The lowest BCUT2D eigenvalue weighted by Crippen LogP contribution is -2.17. The fourth-order valence-corrected chi connectivity index (χ4v) is 2.18. The van der Waals surface area contributed by atoms with Crippen LogP contribution in [-0.4, -0.2) is 25.8 Å². The molecule has 0 heterocycles. The van der Waals surface area contributed by atoms with E-state index in [-0.39, 0.29) is 0 Å². The molecule has 0 aliphatic heterocycles. The molecule has 20 heavy (non-hydrogen) atoms. The minimum atomic E-state index is 0.720. The standard InChI is InChI=1S/C18H27NO/c1(6-14-19-18-12-13-18)2-7-15-20-16-8-11-17-9-4-3-5-10-17/h3-5,8-11,18-19H,1-2,6-7,12-16H2. The molecule has 2 heteroatoms. The Morgan fingerprint density at radius 3 is 2.65 bits per heavy atom. The van der Waals surface area contributed by atoms with E-state index in [1.54, 1.807) is 0 Å². The average Bonchev–Trinajstić information content (AvgIpc) is 3.30. The van der Waals surface area contributed by atoms with E-state index in [4.69, 9.17) is 4.74 Å². The second kappa shape index (κ2) is 9.73. The molecule has 0 bridgehead atoms. The molecule has 0 amide bonds. The molecule has 0 atom stereocenters. The summed E-state index contributed by atoms with van der Waals surface area (Å²) in [7, 11) is 0. The Balaban J connectivity index is 1.35. The lowest BCUT2D eigenvalue weighted by molar-refractivity contribution is 0.157. The first-order valence-corrected chi connectivity index (χ1v) is 7.98. The number of nitrogens with one attached hydrogen (secondary N) is 1. The fourth-order valence-electron chi connectivity index (χ4n) is 2.18. The third kappa shape index (κ3) is 7.46. The highest BCUT2D eigenvalue weighted by Crippen LogP contribution is 2.18. The maximum absolute atomic E-state index is 5.61. The van der Waals surface area contributed by atoms with E-state index < -0.39 is 0 Å². The van der Waals surface area contributed by atoms with Gasteiger partial charge in [-0.1, -0.05) is 55.3 Å². The van der Waals surface area contributed by atoms with Crippen molar-refractivity contribution in [3.63, 3.8) is 0 Å². The van der Waals surface area contributed by atoms with Crippen molar-refractivity contribution in [3.8, 4) is 0 Å². The van der Waals surface area contributed by atoms with Gasteiger partial charge in [-0.05, 0) is 37.8 Å². The average molecular weight is 273 g/mol. The summed E-state index contributed by atoms with van der Waals surface area (Å²) in [6.45, 7) is 2.80. The largest absolute Gasteiger partial charge is 0.377 e. The summed E-state index contributed by atoms with van der Waals surface area (Å²) >= 11 is 0. The first kappa shape index (κ1) is 15.3. The summed E-state index contributed by atoms with van der Waals surface area (Å²) in [6, 6.07) is 11.2.